The van der Waals surface area contributed by atoms with Crippen molar-refractivity contribution in [2.24, 2.45) is 0 Å². The molecule has 0 aromatic heterocycles. The summed E-state index contributed by atoms with van der Waals surface area (Å²) in [6.07, 6.45) is 1.93. The van der Waals surface area contributed by atoms with Crippen LogP contribution >= 0.6 is 0 Å². The summed E-state index contributed by atoms with van der Waals surface area (Å²) in [6.45, 7) is 6.05. The van der Waals surface area contributed by atoms with E-state index in [1.54, 1.807) is 0 Å². The third kappa shape index (κ3) is 4.45. The Bertz CT molecular complexity index is 604. The van der Waals surface area contributed by atoms with Crippen LogP contribution in [0.4, 0.5) is 0 Å². The van der Waals surface area contributed by atoms with Gasteiger partial charge in [0.2, 0.25) is 0 Å². The van der Waals surface area contributed by atoms with E-state index in [-0.39, 0.29) is 11.9 Å². The second-order valence-corrected chi connectivity index (χ2v) is 5.72. The van der Waals surface area contributed by atoms with Crippen LogP contribution in [0.1, 0.15) is 40.4 Å². The fourth-order valence-electron chi connectivity index (χ4n) is 2.38. The number of rotatable bonds is 5. The summed E-state index contributed by atoms with van der Waals surface area (Å²) in [5, 5.41) is 3.10. The Labute approximate surface area is 127 Å². The number of carbonyl (C=O) groups is 1. The topological polar surface area (TPSA) is 29.1 Å². The maximum Gasteiger partial charge on any atom is 0.251 e. The minimum absolute atomic E-state index is 0.0248. The van der Waals surface area contributed by atoms with Crippen LogP contribution in [0.3, 0.4) is 0 Å². The highest BCUT2D eigenvalue weighted by Gasteiger charge is 2.12. The van der Waals surface area contributed by atoms with Crippen molar-refractivity contribution >= 4 is 5.91 Å². The molecular weight excluding hydrogens is 258 g/mol. The zero-order valence-electron chi connectivity index (χ0n) is 13.0. The van der Waals surface area contributed by atoms with E-state index in [0.717, 1.165) is 29.5 Å². The summed E-state index contributed by atoms with van der Waals surface area (Å²) in [5.74, 6) is 0.0248. The van der Waals surface area contributed by atoms with Gasteiger partial charge in [-0.2, -0.15) is 0 Å². The SMILES string of the molecule is Cc1ccc(C)c(C(=O)N[C@@H](C)CCc2ccccc2)c1. The lowest BCUT2D eigenvalue weighted by molar-refractivity contribution is 0.0937. The van der Waals surface area contributed by atoms with Crippen molar-refractivity contribution in [2.75, 3.05) is 0 Å². The largest absolute Gasteiger partial charge is 0.350 e. The average Bonchev–Trinajstić information content (AvgIpc) is 2.48. The van der Waals surface area contributed by atoms with Gasteiger partial charge in [-0.15, -0.1) is 0 Å². The lowest BCUT2D eigenvalue weighted by atomic mass is 10.0. The van der Waals surface area contributed by atoms with Gasteiger partial charge in [0.25, 0.3) is 5.91 Å². The van der Waals surface area contributed by atoms with Gasteiger partial charge >= 0.3 is 0 Å². The van der Waals surface area contributed by atoms with Crippen molar-refractivity contribution in [1.82, 2.24) is 5.32 Å². The maximum absolute atomic E-state index is 12.3. The molecule has 0 aliphatic rings. The highest BCUT2D eigenvalue weighted by Crippen LogP contribution is 2.11. The Kier molecular flexibility index (Phi) is 5.15. The van der Waals surface area contributed by atoms with Gasteiger partial charge in [-0.05, 0) is 50.8 Å². The summed E-state index contributed by atoms with van der Waals surface area (Å²) < 4.78 is 0. The summed E-state index contributed by atoms with van der Waals surface area (Å²) in [6, 6.07) is 16.5. The second-order valence-electron chi connectivity index (χ2n) is 5.72. The molecule has 110 valence electrons. The zero-order valence-corrected chi connectivity index (χ0v) is 13.0. The van der Waals surface area contributed by atoms with Crippen molar-refractivity contribution in [3.63, 3.8) is 0 Å². The van der Waals surface area contributed by atoms with Crippen LogP contribution in [0.15, 0.2) is 48.5 Å². The van der Waals surface area contributed by atoms with Gasteiger partial charge in [0, 0.05) is 11.6 Å². The summed E-state index contributed by atoms with van der Waals surface area (Å²) in [5.41, 5.74) is 4.22. The van der Waals surface area contributed by atoms with Gasteiger partial charge in [-0.3, -0.25) is 4.79 Å². The number of hydrogen-bond acceptors (Lipinski definition) is 1. The monoisotopic (exact) mass is 281 g/mol. The van der Waals surface area contributed by atoms with Crippen LogP contribution in [0.25, 0.3) is 0 Å². The molecule has 1 N–H and O–H groups in total. The van der Waals surface area contributed by atoms with E-state index in [9.17, 15) is 4.79 Å². The fraction of sp³-hybridized carbons (Fsp3) is 0.316. The van der Waals surface area contributed by atoms with Crippen LogP contribution in [-0.4, -0.2) is 11.9 Å². The molecule has 1 atom stereocenters. The summed E-state index contributed by atoms with van der Waals surface area (Å²) >= 11 is 0. The van der Waals surface area contributed by atoms with E-state index in [1.165, 1.54) is 5.56 Å². The number of carbonyl (C=O) groups excluding carboxylic acids is 1. The fourth-order valence-corrected chi connectivity index (χ4v) is 2.38. The standard InChI is InChI=1S/C19H23NO/c1-14-9-10-15(2)18(13-14)19(21)20-16(3)11-12-17-7-5-4-6-8-17/h4-10,13,16H,11-12H2,1-3H3,(H,20,21)/t16-/m0/s1. The minimum atomic E-state index is 0.0248. The van der Waals surface area contributed by atoms with Crippen LogP contribution in [0, 0.1) is 13.8 Å². The molecule has 0 aliphatic heterocycles. The van der Waals surface area contributed by atoms with Crippen LogP contribution in [0.2, 0.25) is 0 Å². The van der Waals surface area contributed by atoms with Crippen molar-refractivity contribution in [3.8, 4) is 0 Å². The predicted molar refractivity (Wildman–Crippen MR) is 87.6 cm³/mol. The number of nitrogens with one attached hydrogen (secondary N) is 1. The molecule has 0 aliphatic carbocycles. The van der Waals surface area contributed by atoms with Crippen molar-refractivity contribution in [3.05, 3.63) is 70.8 Å². The molecule has 0 saturated heterocycles. The summed E-state index contributed by atoms with van der Waals surface area (Å²) in [4.78, 5) is 12.3. The Hall–Kier alpha value is -2.09. The molecule has 0 bridgehead atoms. The van der Waals surface area contributed by atoms with Crippen molar-refractivity contribution < 1.29 is 4.79 Å². The second kappa shape index (κ2) is 7.07. The van der Waals surface area contributed by atoms with E-state index in [2.05, 4.69) is 36.5 Å². The number of amides is 1. The first-order valence-electron chi connectivity index (χ1n) is 7.48. The Morgan fingerprint density at radius 2 is 1.81 bits per heavy atom. The van der Waals surface area contributed by atoms with Gasteiger partial charge in [-0.1, -0.05) is 48.0 Å². The Morgan fingerprint density at radius 3 is 2.52 bits per heavy atom. The van der Waals surface area contributed by atoms with Gasteiger partial charge in [-0.25, -0.2) is 0 Å². The molecule has 2 aromatic carbocycles. The molecule has 0 radical (unpaired) electrons. The number of hydrogen-bond donors (Lipinski definition) is 1. The first-order valence-corrected chi connectivity index (χ1v) is 7.48. The first kappa shape index (κ1) is 15.3. The Morgan fingerprint density at radius 1 is 1.10 bits per heavy atom. The molecule has 2 nitrogen and oxygen atoms in total. The van der Waals surface area contributed by atoms with Gasteiger partial charge < -0.3 is 5.32 Å². The van der Waals surface area contributed by atoms with Crippen molar-refractivity contribution in [1.29, 1.82) is 0 Å². The van der Waals surface area contributed by atoms with E-state index in [4.69, 9.17) is 0 Å². The van der Waals surface area contributed by atoms with E-state index < -0.39 is 0 Å². The highest BCUT2D eigenvalue weighted by atomic mass is 16.1. The quantitative estimate of drug-likeness (QED) is 0.880. The molecular formula is C19H23NO. The molecule has 0 heterocycles. The van der Waals surface area contributed by atoms with Crippen LogP contribution in [-0.2, 0) is 6.42 Å². The highest BCUT2D eigenvalue weighted by molar-refractivity contribution is 5.95. The number of aryl methyl sites for hydroxylation is 3. The molecule has 2 aromatic rings. The third-order valence-electron chi connectivity index (χ3n) is 3.72. The molecule has 0 saturated carbocycles. The first-order chi connectivity index (χ1) is 10.1. The molecule has 1 amide bonds. The molecule has 0 spiro atoms. The third-order valence-corrected chi connectivity index (χ3v) is 3.72. The normalized spacial score (nSPS) is 12.0. The zero-order chi connectivity index (χ0) is 15.2. The maximum atomic E-state index is 12.3. The van der Waals surface area contributed by atoms with E-state index >= 15 is 0 Å². The van der Waals surface area contributed by atoms with Gasteiger partial charge in [0.1, 0.15) is 0 Å². The smallest absolute Gasteiger partial charge is 0.251 e. The molecule has 21 heavy (non-hydrogen) atoms. The molecule has 2 rings (SSSR count). The summed E-state index contributed by atoms with van der Waals surface area (Å²) in [7, 11) is 0. The lowest BCUT2D eigenvalue weighted by Gasteiger charge is -2.15. The minimum Gasteiger partial charge on any atom is -0.350 e. The molecule has 2 heteroatoms. The average molecular weight is 281 g/mol. The Balaban J connectivity index is 1.91. The predicted octanol–water partition coefficient (Wildman–Crippen LogP) is 4.05. The van der Waals surface area contributed by atoms with E-state index in [1.807, 2.05) is 38.1 Å². The van der Waals surface area contributed by atoms with Crippen LogP contribution in [0.5, 0.6) is 0 Å². The molecule has 0 unspecified atom stereocenters. The number of benzene rings is 2. The van der Waals surface area contributed by atoms with E-state index in [0.29, 0.717) is 0 Å². The van der Waals surface area contributed by atoms with Crippen molar-refractivity contribution in [2.45, 2.75) is 39.7 Å². The molecule has 0 fully saturated rings. The van der Waals surface area contributed by atoms with Gasteiger partial charge in [0.15, 0.2) is 0 Å². The van der Waals surface area contributed by atoms with Gasteiger partial charge in [0.05, 0.1) is 0 Å². The lowest BCUT2D eigenvalue weighted by Crippen LogP contribution is -2.33. The van der Waals surface area contributed by atoms with Crippen LogP contribution < -0.4 is 5.32 Å².